The van der Waals surface area contributed by atoms with Crippen LogP contribution in [0.25, 0.3) is 0 Å². The highest BCUT2D eigenvalue weighted by molar-refractivity contribution is 5.36. The number of phenols is 1. The molecule has 2 rings (SSSR count). The first-order chi connectivity index (χ1) is 8.31. The molecule has 1 atom stereocenters. The highest BCUT2D eigenvalue weighted by Gasteiger charge is 2.14. The van der Waals surface area contributed by atoms with Crippen LogP contribution in [0.2, 0.25) is 0 Å². The fourth-order valence-corrected chi connectivity index (χ4v) is 2.00. The summed E-state index contributed by atoms with van der Waals surface area (Å²) in [5, 5.41) is 19.2. The fourth-order valence-electron chi connectivity index (χ4n) is 2.00. The van der Waals surface area contributed by atoms with E-state index in [1.165, 1.54) is 0 Å². The lowest BCUT2D eigenvalue weighted by Crippen LogP contribution is -2.07. The van der Waals surface area contributed by atoms with Crippen LogP contribution in [0.4, 0.5) is 0 Å². The second kappa shape index (κ2) is 5.51. The van der Waals surface area contributed by atoms with Crippen molar-refractivity contribution in [2.45, 2.75) is 12.3 Å². The second-order valence-corrected chi connectivity index (χ2v) is 4.13. The molecule has 0 fully saturated rings. The maximum Gasteiger partial charge on any atom is 0.119 e. The third kappa shape index (κ3) is 2.86. The van der Waals surface area contributed by atoms with Crippen molar-refractivity contribution in [3.63, 3.8) is 0 Å². The van der Waals surface area contributed by atoms with Crippen molar-refractivity contribution >= 4 is 0 Å². The molecule has 0 aliphatic rings. The molecule has 2 aromatic carbocycles. The van der Waals surface area contributed by atoms with Crippen molar-refractivity contribution < 1.29 is 10.2 Å². The summed E-state index contributed by atoms with van der Waals surface area (Å²) in [5.74, 6) is 0.195. The van der Waals surface area contributed by atoms with Gasteiger partial charge in [0.05, 0.1) is 6.61 Å². The predicted molar refractivity (Wildman–Crippen MR) is 68.1 cm³/mol. The van der Waals surface area contributed by atoms with Gasteiger partial charge in [-0.25, -0.2) is 0 Å². The van der Waals surface area contributed by atoms with E-state index in [0.29, 0.717) is 0 Å². The van der Waals surface area contributed by atoms with Crippen molar-refractivity contribution in [2.24, 2.45) is 0 Å². The number of aliphatic hydroxyl groups is 1. The number of aromatic hydroxyl groups is 1. The minimum absolute atomic E-state index is 0.0342. The number of aliphatic hydroxyl groups excluding tert-OH is 1. The maximum absolute atomic E-state index is 9.78. The summed E-state index contributed by atoms with van der Waals surface area (Å²) in [7, 11) is 0. The van der Waals surface area contributed by atoms with Gasteiger partial charge in [-0.1, -0.05) is 48.5 Å². The van der Waals surface area contributed by atoms with E-state index in [1.807, 2.05) is 42.5 Å². The molecule has 2 aromatic rings. The summed E-state index contributed by atoms with van der Waals surface area (Å²) in [4.78, 5) is 0. The SMILES string of the molecule is OCC(Cc1ccccc1)c1ccccc1O. The van der Waals surface area contributed by atoms with Gasteiger partial charge in [0.25, 0.3) is 0 Å². The molecule has 0 aromatic heterocycles. The highest BCUT2D eigenvalue weighted by Crippen LogP contribution is 2.27. The molecule has 0 aliphatic heterocycles. The highest BCUT2D eigenvalue weighted by atomic mass is 16.3. The summed E-state index contributed by atoms with van der Waals surface area (Å²) in [6.07, 6.45) is 0.731. The van der Waals surface area contributed by atoms with Gasteiger partial charge in [-0.3, -0.25) is 0 Å². The molecule has 0 radical (unpaired) electrons. The Morgan fingerprint density at radius 1 is 0.882 bits per heavy atom. The third-order valence-electron chi connectivity index (χ3n) is 2.92. The topological polar surface area (TPSA) is 40.5 Å². The summed E-state index contributed by atoms with van der Waals surface area (Å²) in [6.45, 7) is 0.0342. The van der Waals surface area contributed by atoms with Gasteiger partial charge in [-0.05, 0) is 23.6 Å². The van der Waals surface area contributed by atoms with Crippen LogP contribution < -0.4 is 0 Å². The number of hydrogen-bond acceptors (Lipinski definition) is 2. The molecular weight excluding hydrogens is 212 g/mol. The minimum atomic E-state index is -0.0569. The van der Waals surface area contributed by atoms with Gasteiger partial charge in [0.15, 0.2) is 0 Å². The molecular formula is C15H16O2. The van der Waals surface area contributed by atoms with Crippen molar-refractivity contribution in [1.29, 1.82) is 0 Å². The van der Waals surface area contributed by atoms with Gasteiger partial charge in [0.1, 0.15) is 5.75 Å². The molecule has 1 unspecified atom stereocenters. The molecule has 0 amide bonds. The summed E-state index contributed by atoms with van der Waals surface area (Å²) < 4.78 is 0. The van der Waals surface area contributed by atoms with Gasteiger partial charge >= 0.3 is 0 Å². The molecule has 0 heterocycles. The molecule has 0 bridgehead atoms. The first kappa shape index (κ1) is 11.7. The van der Waals surface area contributed by atoms with E-state index in [4.69, 9.17) is 0 Å². The van der Waals surface area contributed by atoms with Crippen LogP contribution in [0.15, 0.2) is 54.6 Å². The van der Waals surface area contributed by atoms with Crippen LogP contribution in [-0.4, -0.2) is 16.8 Å². The monoisotopic (exact) mass is 228 g/mol. The second-order valence-electron chi connectivity index (χ2n) is 4.13. The molecule has 2 N–H and O–H groups in total. The molecule has 88 valence electrons. The largest absolute Gasteiger partial charge is 0.508 e. The summed E-state index contributed by atoms with van der Waals surface area (Å²) in [5.41, 5.74) is 1.97. The zero-order valence-electron chi connectivity index (χ0n) is 9.58. The normalized spacial score (nSPS) is 12.3. The van der Waals surface area contributed by atoms with Gasteiger partial charge in [-0.15, -0.1) is 0 Å². The quantitative estimate of drug-likeness (QED) is 0.844. The Labute approximate surface area is 101 Å². The Morgan fingerprint density at radius 2 is 1.53 bits per heavy atom. The van der Waals surface area contributed by atoms with Gasteiger partial charge in [0, 0.05) is 5.92 Å². The van der Waals surface area contributed by atoms with E-state index < -0.39 is 0 Å². The minimum Gasteiger partial charge on any atom is -0.508 e. The first-order valence-corrected chi connectivity index (χ1v) is 5.74. The van der Waals surface area contributed by atoms with Gasteiger partial charge < -0.3 is 10.2 Å². The van der Waals surface area contributed by atoms with E-state index in [0.717, 1.165) is 17.5 Å². The Hall–Kier alpha value is -1.80. The van der Waals surface area contributed by atoms with E-state index in [9.17, 15) is 10.2 Å². The van der Waals surface area contributed by atoms with Gasteiger partial charge in [-0.2, -0.15) is 0 Å². The van der Waals surface area contributed by atoms with E-state index in [1.54, 1.807) is 12.1 Å². The Balaban J connectivity index is 2.21. The number of hydrogen-bond donors (Lipinski definition) is 2. The smallest absolute Gasteiger partial charge is 0.119 e. The van der Waals surface area contributed by atoms with Crippen LogP contribution in [0.1, 0.15) is 17.0 Å². The van der Waals surface area contributed by atoms with Crippen LogP contribution in [0.3, 0.4) is 0 Å². The van der Waals surface area contributed by atoms with Gasteiger partial charge in [0.2, 0.25) is 0 Å². The number of rotatable bonds is 4. The van der Waals surface area contributed by atoms with Crippen molar-refractivity contribution in [3.05, 3.63) is 65.7 Å². The third-order valence-corrected chi connectivity index (χ3v) is 2.92. The number of para-hydroxylation sites is 1. The lowest BCUT2D eigenvalue weighted by Gasteiger charge is -2.15. The van der Waals surface area contributed by atoms with E-state index in [-0.39, 0.29) is 18.3 Å². The number of benzene rings is 2. The standard InChI is InChI=1S/C15H16O2/c16-11-13(10-12-6-2-1-3-7-12)14-8-4-5-9-15(14)17/h1-9,13,16-17H,10-11H2. The van der Waals surface area contributed by atoms with Crippen LogP contribution in [0.5, 0.6) is 5.75 Å². The molecule has 17 heavy (non-hydrogen) atoms. The summed E-state index contributed by atoms with van der Waals surface area (Å²) in [6, 6.07) is 17.2. The molecule has 2 nitrogen and oxygen atoms in total. The molecule has 0 saturated heterocycles. The predicted octanol–water partition coefficient (Wildman–Crippen LogP) is 2.71. The van der Waals surface area contributed by atoms with Crippen molar-refractivity contribution in [1.82, 2.24) is 0 Å². The Kier molecular flexibility index (Phi) is 3.78. The van der Waals surface area contributed by atoms with E-state index >= 15 is 0 Å². The van der Waals surface area contributed by atoms with E-state index in [2.05, 4.69) is 0 Å². The van der Waals surface area contributed by atoms with Crippen LogP contribution in [-0.2, 0) is 6.42 Å². The fraction of sp³-hybridized carbons (Fsp3) is 0.200. The van der Waals surface area contributed by atoms with Crippen LogP contribution >= 0.6 is 0 Å². The van der Waals surface area contributed by atoms with Crippen LogP contribution in [0, 0.1) is 0 Å². The Bertz CT molecular complexity index is 465. The first-order valence-electron chi connectivity index (χ1n) is 5.74. The zero-order chi connectivity index (χ0) is 12.1. The maximum atomic E-state index is 9.78. The van der Waals surface area contributed by atoms with Crippen molar-refractivity contribution in [2.75, 3.05) is 6.61 Å². The molecule has 2 heteroatoms. The molecule has 0 aliphatic carbocycles. The van der Waals surface area contributed by atoms with Crippen molar-refractivity contribution in [3.8, 4) is 5.75 Å². The Morgan fingerprint density at radius 3 is 2.18 bits per heavy atom. The lowest BCUT2D eigenvalue weighted by atomic mass is 9.92. The lowest BCUT2D eigenvalue weighted by molar-refractivity contribution is 0.261. The average Bonchev–Trinajstić information content (AvgIpc) is 2.38. The molecule has 0 saturated carbocycles. The summed E-state index contributed by atoms with van der Waals surface area (Å²) >= 11 is 0. The number of phenolic OH excluding ortho intramolecular Hbond substituents is 1. The molecule has 0 spiro atoms. The average molecular weight is 228 g/mol. The zero-order valence-corrected chi connectivity index (χ0v) is 9.58.